The molecule has 8 nitrogen and oxygen atoms in total. The third kappa shape index (κ3) is 8.80. The van der Waals surface area contributed by atoms with Gasteiger partial charge in [-0.15, -0.1) is 5.10 Å². The Bertz CT molecular complexity index is 1280. The van der Waals surface area contributed by atoms with Crippen LogP contribution in [0.1, 0.15) is 78.3 Å². The van der Waals surface area contributed by atoms with Gasteiger partial charge in [0.05, 0.1) is 25.0 Å². The van der Waals surface area contributed by atoms with Gasteiger partial charge in [0.1, 0.15) is 0 Å². The minimum atomic E-state index is -0.0534. The summed E-state index contributed by atoms with van der Waals surface area (Å²) in [7, 11) is 0. The maximum Gasteiger partial charge on any atom is 0.251 e. The van der Waals surface area contributed by atoms with E-state index in [1.165, 1.54) is 36.1 Å². The van der Waals surface area contributed by atoms with Crippen LogP contribution in [0.25, 0.3) is 0 Å². The molecule has 0 bridgehead atoms. The molecule has 0 atom stereocenters. The number of carbonyl (C=O) groups is 1. The summed E-state index contributed by atoms with van der Waals surface area (Å²) < 4.78 is 3.90. The molecule has 8 heteroatoms. The number of nitrogens with two attached hydrogens (primary N) is 1. The summed E-state index contributed by atoms with van der Waals surface area (Å²) in [6.45, 7) is 4.07. The molecule has 2 heterocycles. The Labute approximate surface area is 231 Å². The van der Waals surface area contributed by atoms with Crippen LogP contribution < -0.4 is 11.1 Å². The number of nitrogens with one attached hydrogen (secondary N) is 1. The van der Waals surface area contributed by atoms with Crippen molar-refractivity contribution >= 4 is 11.9 Å². The van der Waals surface area contributed by atoms with Crippen molar-refractivity contribution in [2.24, 2.45) is 0 Å². The maximum absolute atomic E-state index is 12.5. The molecule has 0 radical (unpaired) electrons. The Kier molecular flexibility index (Phi) is 10.7. The Hall–Kier alpha value is -3.94. The van der Waals surface area contributed by atoms with E-state index >= 15 is 0 Å². The number of amides is 1. The van der Waals surface area contributed by atoms with Crippen LogP contribution in [-0.4, -0.2) is 37.0 Å². The first kappa shape index (κ1) is 28.1. The zero-order valence-electron chi connectivity index (χ0n) is 23.1. The van der Waals surface area contributed by atoms with Gasteiger partial charge in [-0.2, -0.15) is 0 Å². The molecule has 0 saturated heterocycles. The van der Waals surface area contributed by atoms with Crippen LogP contribution >= 0.6 is 0 Å². The molecule has 206 valence electrons. The minimum absolute atomic E-state index is 0.0534. The van der Waals surface area contributed by atoms with Gasteiger partial charge in [-0.3, -0.25) is 9.48 Å². The van der Waals surface area contributed by atoms with Crippen molar-refractivity contribution in [3.63, 3.8) is 0 Å². The number of anilines is 1. The van der Waals surface area contributed by atoms with Crippen LogP contribution in [-0.2, 0) is 32.4 Å². The van der Waals surface area contributed by atoms with Gasteiger partial charge >= 0.3 is 0 Å². The average molecular weight is 528 g/mol. The number of carbonyl (C=O) groups excluding carboxylic acids is 1. The van der Waals surface area contributed by atoms with E-state index in [-0.39, 0.29) is 5.91 Å². The number of hydrogen-bond acceptors (Lipinski definition) is 5. The Balaban J connectivity index is 1.12. The number of hydrogen-bond donors (Lipinski definition) is 2. The molecule has 0 unspecified atom stereocenters. The summed E-state index contributed by atoms with van der Waals surface area (Å²) in [4.78, 5) is 16.8. The molecule has 0 saturated carbocycles. The number of unbranched alkanes of at least 4 members (excludes halogenated alkanes) is 4. The van der Waals surface area contributed by atoms with E-state index in [4.69, 9.17) is 5.73 Å². The molecule has 0 aliphatic rings. The molecule has 2 aromatic heterocycles. The van der Waals surface area contributed by atoms with Crippen LogP contribution in [0.4, 0.5) is 5.95 Å². The predicted octanol–water partition coefficient (Wildman–Crippen LogP) is 5.22. The number of imidazole rings is 1. The van der Waals surface area contributed by atoms with Crippen molar-refractivity contribution in [3.05, 3.63) is 95.1 Å². The molecule has 4 aromatic rings. The SMILES string of the molecule is CCCCCc1ccc(C(=O)NCCn2cc(CCCCCc3cnc(N)n3Cc3ccccc3)nn2)cc1. The predicted molar refractivity (Wildman–Crippen MR) is 155 cm³/mol. The Morgan fingerprint density at radius 2 is 1.67 bits per heavy atom. The van der Waals surface area contributed by atoms with Gasteiger partial charge in [0.15, 0.2) is 0 Å². The lowest BCUT2D eigenvalue weighted by Gasteiger charge is -2.10. The van der Waals surface area contributed by atoms with Crippen LogP contribution in [0.2, 0.25) is 0 Å². The highest BCUT2D eigenvalue weighted by Crippen LogP contribution is 2.15. The van der Waals surface area contributed by atoms with E-state index in [1.54, 1.807) is 4.68 Å². The summed E-state index contributed by atoms with van der Waals surface area (Å²) in [5, 5.41) is 11.5. The largest absolute Gasteiger partial charge is 0.369 e. The number of benzene rings is 2. The van der Waals surface area contributed by atoms with Crippen LogP contribution in [0.3, 0.4) is 0 Å². The Morgan fingerprint density at radius 1 is 0.897 bits per heavy atom. The summed E-state index contributed by atoms with van der Waals surface area (Å²) in [6, 6.07) is 18.3. The molecule has 0 aliphatic carbocycles. The molecule has 0 spiro atoms. The standard InChI is InChI=1S/C31H41N7O/c1-2-3-6-11-25-16-18-27(19-17-25)30(39)33-20-21-37-24-28(35-36-37)14-9-5-10-15-29-22-34-31(32)38(29)23-26-12-7-4-8-13-26/h4,7-8,12-13,16-19,22,24H,2-3,5-6,9-11,14-15,20-21,23H2,1H3,(H2,32,34)(H,33,39). The third-order valence-electron chi connectivity index (χ3n) is 7.02. The van der Waals surface area contributed by atoms with Gasteiger partial charge in [0, 0.05) is 24.0 Å². The summed E-state index contributed by atoms with van der Waals surface area (Å²) in [6.07, 6.45) is 13.6. The monoisotopic (exact) mass is 527 g/mol. The minimum Gasteiger partial charge on any atom is -0.369 e. The van der Waals surface area contributed by atoms with E-state index in [1.807, 2.05) is 42.7 Å². The number of nitrogens with zero attached hydrogens (tertiary/aromatic N) is 5. The highest BCUT2D eigenvalue weighted by Gasteiger charge is 2.09. The molecular weight excluding hydrogens is 486 g/mol. The summed E-state index contributed by atoms with van der Waals surface area (Å²) in [5.74, 6) is 0.514. The fourth-order valence-corrected chi connectivity index (χ4v) is 4.71. The first-order valence-electron chi connectivity index (χ1n) is 14.2. The first-order valence-corrected chi connectivity index (χ1v) is 14.2. The van der Waals surface area contributed by atoms with Crippen LogP contribution in [0, 0.1) is 0 Å². The van der Waals surface area contributed by atoms with Gasteiger partial charge in [0.2, 0.25) is 5.95 Å². The number of nitrogen functional groups attached to an aromatic ring is 1. The second-order valence-electron chi connectivity index (χ2n) is 10.1. The number of aryl methyl sites for hydroxylation is 3. The highest BCUT2D eigenvalue weighted by molar-refractivity contribution is 5.94. The summed E-state index contributed by atoms with van der Waals surface area (Å²) >= 11 is 0. The van der Waals surface area contributed by atoms with Crippen molar-refractivity contribution in [2.75, 3.05) is 12.3 Å². The lowest BCUT2D eigenvalue weighted by Crippen LogP contribution is -2.27. The van der Waals surface area contributed by atoms with Crippen molar-refractivity contribution in [3.8, 4) is 0 Å². The van der Waals surface area contributed by atoms with Crippen molar-refractivity contribution < 1.29 is 4.79 Å². The fraction of sp³-hybridized carbons (Fsp3) is 0.419. The molecule has 4 rings (SSSR count). The molecule has 0 aliphatic heterocycles. The molecule has 1 amide bonds. The molecule has 39 heavy (non-hydrogen) atoms. The topological polar surface area (TPSA) is 104 Å². The second-order valence-corrected chi connectivity index (χ2v) is 10.1. The third-order valence-corrected chi connectivity index (χ3v) is 7.02. The van der Waals surface area contributed by atoms with Crippen molar-refractivity contribution in [1.82, 2.24) is 29.9 Å². The van der Waals surface area contributed by atoms with Gasteiger partial charge in [-0.25, -0.2) is 4.98 Å². The normalized spacial score (nSPS) is 11.1. The van der Waals surface area contributed by atoms with Crippen LogP contribution in [0.5, 0.6) is 0 Å². The van der Waals surface area contributed by atoms with Gasteiger partial charge in [-0.1, -0.05) is 73.9 Å². The van der Waals surface area contributed by atoms with Crippen molar-refractivity contribution in [1.29, 1.82) is 0 Å². The van der Waals surface area contributed by atoms with E-state index in [9.17, 15) is 4.79 Å². The van der Waals surface area contributed by atoms with Crippen LogP contribution in [0.15, 0.2) is 67.0 Å². The lowest BCUT2D eigenvalue weighted by atomic mass is 10.1. The van der Waals surface area contributed by atoms with E-state index in [0.29, 0.717) is 24.6 Å². The average Bonchev–Trinajstić information content (AvgIpc) is 3.55. The van der Waals surface area contributed by atoms with Gasteiger partial charge < -0.3 is 15.6 Å². The smallest absolute Gasteiger partial charge is 0.251 e. The molecular formula is C31H41N7O. The lowest BCUT2D eigenvalue weighted by molar-refractivity contribution is 0.0952. The molecule has 0 fully saturated rings. The van der Waals surface area contributed by atoms with E-state index in [2.05, 4.69) is 56.4 Å². The summed E-state index contributed by atoms with van der Waals surface area (Å²) in [5.41, 5.74) is 11.5. The quantitative estimate of drug-likeness (QED) is 0.194. The first-order chi connectivity index (χ1) is 19.1. The maximum atomic E-state index is 12.5. The zero-order chi connectivity index (χ0) is 27.3. The van der Waals surface area contributed by atoms with E-state index < -0.39 is 0 Å². The number of rotatable bonds is 16. The van der Waals surface area contributed by atoms with Gasteiger partial charge in [0.25, 0.3) is 5.91 Å². The van der Waals surface area contributed by atoms with Gasteiger partial charge in [-0.05, 0) is 61.8 Å². The number of aromatic nitrogens is 5. The van der Waals surface area contributed by atoms with E-state index in [0.717, 1.165) is 50.8 Å². The fourth-order valence-electron chi connectivity index (χ4n) is 4.71. The van der Waals surface area contributed by atoms with Crippen molar-refractivity contribution in [2.45, 2.75) is 77.8 Å². The molecule has 3 N–H and O–H groups in total. The highest BCUT2D eigenvalue weighted by atomic mass is 16.1. The molecule has 2 aromatic carbocycles. The Morgan fingerprint density at radius 3 is 2.46 bits per heavy atom. The second kappa shape index (κ2) is 14.9. The zero-order valence-corrected chi connectivity index (χ0v) is 23.1.